The van der Waals surface area contributed by atoms with Gasteiger partial charge >= 0.3 is 5.97 Å². The van der Waals surface area contributed by atoms with Gasteiger partial charge in [-0.05, 0) is 19.8 Å². The number of amides is 1. The fraction of sp³-hybridized carbons (Fsp3) is 0.647. The number of carboxylic acids is 1. The van der Waals surface area contributed by atoms with Crippen molar-refractivity contribution in [2.24, 2.45) is 28.3 Å². The van der Waals surface area contributed by atoms with Crippen molar-refractivity contribution >= 4 is 29.6 Å². The minimum absolute atomic E-state index is 0.000867. The van der Waals surface area contributed by atoms with E-state index in [9.17, 15) is 19.8 Å². The summed E-state index contributed by atoms with van der Waals surface area (Å²) in [5, 5.41) is 28.4. The SMILES string of the molecule is C[C@@H](O)[C@H]1C(=O)N2C(C(=O)O)=C(SCCC#N)[C@H](CCCCN=C(N)N)[C@H]12. The maximum Gasteiger partial charge on any atom is 0.353 e. The molecule has 0 aromatic carbocycles. The molecule has 1 saturated heterocycles. The van der Waals surface area contributed by atoms with Crippen LogP contribution in [-0.2, 0) is 9.59 Å². The molecule has 0 saturated carbocycles. The number of fused-ring (bicyclic) bond motifs is 1. The Hall–Kier alpha value is -2.25. The van der Waals surface area contributed by atoms with E-state index >= 15 is 0 Å². The summed E-state index contributed by atoms with van der Waals surface area (Å²) < 4.78 is 0. The third-order valence-corrected chi connectivity index (χ3v) is 6.04. The van der Waals surface area contributed by atoms with Gasteiger partial charge < -0.3 is 26.6 Å². The summed E-state index contributed by atoms with van der Waals surface area (Å²) >= 11 is 1.32. The van der Waals surface area contributed by atoms with Gasteiger partial charge in [-0.25, -0.2) is 4.79 Å². The first kappa shape index (κ1) is 21.1. The summed E-state index contributed by atoms with van der Waals surface area (Å²) in [4.78, 5) is 30.1. The highest BCUT2D eigenvalue weighted by Crippen LogP contribution is 2.52. The highest BCUT2D eigenvalue weighted by Gasteiger charge is 2.60. The molecule has 0 unspecified atom stereocenters. The van der Waals surface area contributed by atoms with E-state index in [2.05, 4.69) is 4.99 Å². The zero-order chi connectivity index (χ0) is 20.1. The molecule has 2 aliphatic rings. The molecule has 148 valence electrons. The van der Waals surface area contributed by atoms with E-state index in [1.807, 2.05) is 6.07 Å². The average molecular weight is 395 g/mol. The number of aliphatic carboxylic acids is 1. The second-order valence-electron chi connectivity index (χ2n) is 6.65. The molecular formula is C17H25N5O4S. The van der Waals surface area contributed by atoms with E-state index in [1.54, 1.807) is 6.92 Å². The zero-order valence-corrected chi connectivity index (χ0v) is 16.0. The Kier molecular flexibility index (Phi) is 7.10. The number of β-lactam (4-membered cyclic amide) rings is 1. The molecule has 2 aliphatic heterocycles. The van der Waals surface area contributed by atoms with Crippen LogP contribution in [0.25, 0.3) is 0 Å². The number of nitriles is 1. The van der Waals surface area contributed by atoms with Crippen LogP contribution in [0.5, 0.6) is 0 Å². The smallest absolute Gasteiger partial charge is 0.353 e. The summed E-state index contributed by atoms with van der Waals surface area (Å²) in [6, 6.07) is 1.69. The van der Waals surface area contributed by atoms with Crippen LogP contribution in [0, 0.1) is 23.2 Å². The third-order valence-electron chi connectivity index (χ3n) is 4.82. The molecule has 2 rings (SSSR count). The van der Waals surface area contributed by atoms with Gasteiger partial charge in [-0.2, -0.15) is 5.26 Å². The van der Waals surface area contributed by atoms with Crippen molar-refractivity contribution in [1.82, 2.24) is 4.90 Å². The Labute approximate surface area is 162 Å². The van der Waals surface area contributed by atoms with Crippen LogP contribution < -0.4 is 11.5 Å². The van der Waals surface area contributed by atoms with Gasteiger partial charge in [-0.1, -0.05) is 6.42 Å². The summed E-state index contributed by atoms with van der Waals surface area (Å²) in [5.41, 5.74) is 10.6. The first-order valence-electron chi connectivity index (χ1n) is 8.85. The molecule has 4 atom stereocenters. The minimum atomic E-state index is -1.15. The number of carbonyl (C=O) groups is 2. The predicted molar refractivity (Wildman–Crippen MR) is 101 cm³/mol. The number of nitrogens with zero attached hydrogens (tertiary/aromatic N) is 3. The highest BCUT2D eigenvalue weighted by molar-refractivity contribution is 8.03. The molecule has 10 heteroatoms. The Bertz CT molecular complexity index is 696. The van der Waals surface area contributed by atoms with Crippen molar-refractivity contribution < 1.29 is 19.8 Å². The van der Waals surface area contributed by atoms with Crippen LogP contribution in [0.2, 0.25) is 0 Å². The van der Waals surface area contributed by atoms with Crippen LogP contribution in [0.15, 0.2) is 15.6 Å². The van der Waals surface area contributed by atoms with Crippen molar-refractivity contribution in [3.63, 3.8) is 0 Å². The maximum atomic E-state index is 12.4. The molecule has 2 heterocycles. The Balaban J connectivity index is 2.21. The molecule has 0 spiro atoms. The monoisotopic (exact) mass is 395 g/mol. The van der Waals surface area contributed by atoms with E-state index in [0.29, 0.717) is 23.6 Å². The van der Waals surface area contributed by atoms with Gasteiger partial charge in [-0.15, -0.1) is 11.8 Å². The van der Waals surface area contributed by atoms with Gasteiger partial charge in [0.25, 0.3) is 0 Å². The third kappa shape index (κ3) is 4.36. The second-order valence-corrected chi connectivity index (χ2v) is 7.79. The lowest BCUT2D eigenvalue weighted by Gasteiger charge is -2.47. The number of unbranched alkanes of at least 4 members (excludes halogenated alkanes) is 1. The summed E-state index contributed by atoms with van der Waals surface area (Å²) in [5.74, 6) is -1.79. The van der Waals surface area contributed by atoms with Crippen molar-refractivity contribution in [2.75, 3.05) is 12.3 Å². The Morgan fingerprint density at radius 3 is 2.70 bits per heavy atom. The van der Waals surface area contributed by atoms with Crippen LogP contribution in [0.3, 0.4) is 0 Å². The molecule has 1 amide bonds. The van der Waals surface area contributed by atoms with Gasteiger partial charge in [0.2, 0.25) is 5.91 Å². The van der Waals surface area contributed by atoms with Gasteiger partial charge in [0.1, 0.15) is 5.70 Å². The molecule has 0 aromatic heterocycles. The number of thioether (sulfide) groups is 1. The number of carbonyl (C=O) groups excluding carboxylic acids is 1. The van der Waals surface area contributed by atoms with Crippen molar-refractivity contribution in [2.45, 2.75) is 44.8 Å². The van der Waals surface area contributed by atoms with Gasteiger partial charge in [-0.3, -0.25) is 9.79 Å². The fourth-order valence-electron chi connectivity index (χ4n) is 3.74. The average Bonchev–Trinajstić information content (AvgIpc) is 2.84. The summed E-state index contributed by atoms with van der Waals surface area (Å²) in [7, 11) is 0. The molecule has 1 fully saturated rings. The Morgan fingerprint density at radius 1 is 1.44 bits per heavy atom. The van der Waals surface area contributed by atoms with Gasteiger partial charge in [0, 0.05) is 29.5 Å². The van der Waals surface area contributed by atoms with E-state index in [4.69, 9.17) is 16.7 Å². The van der Waals surface area contributed by atoms with E-state index in [-0.39, 0.29) is 35.9 Å². The van der Waals surface area contributed by atoms with E-state index in [1.165, 1.54) is 16.7 Å². The van der Waals surface area contributed by atoms with Crippen LogP contribution in [-0.4, -0.2) is 57.4 Å². The summed E-state index contributed by atoms with van der Waals surface area (Å²) in [6.07, 6.45) is 1.58. The minimum Gasteiger partial charge on any atom is -0.477 e. The number of aliphatic imine (C=N–C) groups is 1. The van der Waals surface area contributed by atoms with Crippen molar-refractivity contribution in [3.8, 4) is 6.07 Å². The molecular weight excluding hydrogens is 370 g/mol. The standard InChI is InChI=1S/C17H25N5O4S/c1-9(23)11-12-10(5-2-3-7-21-17(19)20)14(27-8-4-6-18)13(16(25)26)22(12)15(11)24/h9-12,23H,2-5,7-8H2,1H3,(H,25,26)(H4,19,20,21)/t9-,10-,11-,12-/m1/s1. The number of nitrogens with two attached hydrogens (primary N) is 2. The largest absolute Gasteiger partial charge is 0.477 e. The van der Waals surface area contributed by atoms with Crippen molar-refractivity contribution in [1.29, 1.82) is 5.26 Å². The first-order chi connectivity index (χ1) is 12.8. The maximum absolute atomic E-state index is 12.4. The summed E-state index contributed by atoms with van der Waals surface area (Å²) in [6.45, 7) is 2.03. The number of rotatable bonds is 10. The van der Waals surface area contributed by atoms with Gasteiger partial charge in [0.15, 0.2) is 5.96 Å². The first-order valence-corrected chi connectivity index (χ1v) is 9.83. The molecule has 0 bridgehead atoms. The molecule has 9 nitrogen and oxygen atoms in total. The molecule has 0 aromatic rings. The molecule has 27 heavy (non-hydrogen) atoms. The number of aliphatic hydroxyl groups is 1. The normalized spacial score (nSPS) is 24.9. The quantitative estimate of drug-likeness (QED) is 0.176. The molecule has 6 N–H and O–H groups in total. The lowest BCUT2D eigenvalue weighted by Crippen LogP contribution is -2.63. The van der Waals surface area contributed by atoms with E-state index in [0.717, 1.165) is 12.8 Å². The number of hydrogen-bond acceptors (Lipinski definition) is 6. The lowest BCUT2D eigenvalue weighted by atomic mass is 9.77. The van der Waals surface area contributed by atoms with Gasteiger partial charge in [0.05, 0.1) is 24.1 Å². The molecule has 0 radical (unpaired) electrons. The second kappa shape index (κ2) is 9.10. The Morgan fingerprint density at radius 2 is 2.15 bits per heavy atom. The topological polar surface area (TPSA) is 166 Å². The number of carboxylic acid groups (broad SMARTS) is 1. The zero-order valence-electron chi connectivity index (χ0n) is 15.2. The number of aliphatic hydroxyl groups excluding tert-OH is 1. The van der Waals surface area contributed by atoms with E-state index < -0.39 is 18.0 Å². The van der Waals surface area contributed by atoms with Crippen LogP contribution >= 0.6 is 11.8 Å². The number of hydrogen-bond donors (Lipinski definition) is 4. The lowest BCUT2D eigenvalue weighted by molar-refractivity contribution is -0.163. The highest BCUT2D eigenvalue weighted by atomic mass is 32.2. The van der Waals surface area contributed by atoms with Crippen LogP contribution in [0.4, 0.5) is 0 Å². The number of guanidine groups is 1. The molecule has 0 aliphatic carbocycles. The predicted octanol–water partition coefficient (Wildman–Crippen LogP) is 0.211. The van der Waals surface area contributed by atoms with Crippen LogP contribution in [0.1, 0.15) is 32.6 Å². The van der Waals surface area contributed by atoms with Crippen molar-refractivity contribution in [3.05, 3.63) is 10.6 Å². The fourth-order valence-corrected chi connectivity index (χ4v) is 4.95.